The van der Waals surface area contributed by atoms with Crippen molar-refractivity contribution in [1.29, 1.82) is 0 Å². The molecule has 1 aromatic carbocycles. The Labute approximate surface area is 107 Å². The molecule has 0 aliphatic heterocycles. The summed E-state index contributed by atoms with van der Waals surface area (Å²) in [6.45, 7) is 8.97. The third kappa shape index (κ3) is 8.75. The van der Waals surface area contributed by atoms with Crippen LogP contribution < -0.4 is 4.74 Å². The van der Waals surface area contributed by atoms with Gasteiger partial charge < -0.3 is 9.64 Å². The summed E-state index contributed by atoms with van der Waals surface area (Å²) in [4.78, 5) is 2.36. The van der Waals surface area contributed by atoms with E-state index in [0.717, 1.165) is 5.75 Å². The van der Waals surface area contributed by atoms with E-state index in [4.69, 9.17) is 4.74 Å². The van der Waals surface area contributed by atoms with Crippen molar-refractivity contribution in [3.8, 4) is 5.75 Å². The first-order chi connectivity index (χ1) is 8.13. The lowest BCUT2D eigenvalue weighted by Gasteiger charge is -2.12. The van der Waals surface area contributed by atoms with Gasteiger partial charge in [0.05, 0.1) is 7.11 Å². The van der Waals surface area contributed by atoms with Gasteiger partial charge in [0.2, 0.25) is 0 Å². The van der Waals surface area contributed by atoms with Crippen molar-refractivity contribution in [2.45, 2.75) is 33.6 Å². The molecule has 0 unspecified atom stereocenters. The first-order valence-electron chi connectivity index (χ1n) is 6.43. The normalized spacial score (nSPS) is 9.76. The van der Waals surface area contributed by atoms with Gasteiger partial charge in [-0.25, -0.2) is 0 Å². The molecule has 17 heavy (non-hydrogen) atoms. The molecule has 0 spiro atoms. The Bertz CT molecular complexity index is 263. The largest absolute Gasteiger partial charge is 0.497 e. The van der Waals surface area contributed by atoms with Crippen LogP contribution in [0.25, 0.3) is 0 Å². The average molecular weight is 237 g/mol. The maximum Gasteiger partial charge on any atom is 0.118 e. The maximum absolute atomic E-state index is 4.97. The molecule has 0 aliphatic rings. The average Bonchev–Trinajstić information content (AvgIpc) is 2.32. The SMILES string of the molecule is CCCN(C)CCC.COc1ccc(C)cc1. The van der Waals surface area contributed by atoms with Crippen LogP contribution >= 0.6 is 0 Å². The quantitative estimate of drug-likeness (QED) is 0.773. The topological polar surface area (TPSA) is 12.5 Å². The number of hydrogen-bond donors (Lipinski definition) is 0. The van der Waals surface area contributed by atoms with Crippen molar-refractivity contribution in [1.82, 2.24) is 4.90 Å². The van der Waals surface area contributed by atoms with Crippen molar-refractivity contribution in [3.63, 3.8) is 0 Å². The fraction of sp³-hybridized carbons (Fsp3) is 0.600. The molecule has 0 radical (unpaired) electrons. The Hall–Kier alpha value is -1.02. The lowest BCUT2D eigenvalue weighted by Crippen LogP contribution is -2.19. The van der Waals surface area contributed by atoms with E-state index in [9.17, 15) is 0 Å². The van der Waals surface area contributed by atoms with Crippen molar-refractivity contribution in [3.05, 3.63) is 29.8 Å². The van der Waals surface area contributed by atoms with Crippen molar-refractivity contribution in [2.75, 3.05) is 27.2 Å². The number of methoxy groups -OCH3 is 1. The molecule has 0 fully saturated rings. The number of nitrogens with zero attached hydrogens (tertiary/aromatic N) is 1. The standard InChI is InChI=1S/C8H10O.C7H17N/c1-7-3-5-8(9-2)6-4-7;1-4-6-8(3)7-5-2/h3-6H,1-2H3;4-7H2,1-3H3. The molecule has 0 N–H and O–H groups in total. The monoisotopic (exact) mass is 237 g/mol. The highest BCUT2D eigenvalue weighted by Gasteiger charge is 1.90. The van der Waals surface area contributed by atoms with Gasteiger partial charge in [0, 0.05) is 0 Å². The van der Waals surface area contributed by atoms with E-state index in [1.807, 2.05) is 24.3 Å². The zero-order chi connectivity index (χ0) is 13.1. The smallest absolute Gasteiger partial charge is 0.118 e. The summed E-state index contributed by atoms with van der Waals surface area (Å²) in [7, 11) is 3.84. The van der Waals surface area contributed by atoms with Crippen LogP contribution in [0.15, 0.2) is 24.3 Å². The van der Waals surface area contributed by atoms with E-state index < -0.39 is 0 Å². The summed E-state index contributed by atoms with van der Waals surface area (Å²) >= 11 is 0. The van der Waals surface area contributed by atoms with Crippen LogP contribution in [0.4, 0.5) is 0 Å². The highest BCUT2D eigenvalue weighted by atomic mass is 16.5. The van der Waals surface area contributed by atoms with Gasteiger partial charge >= 0.3 is 0 Å². The third-order valence-corrected chi connectivity index (χ3v) is 2.47. The third-order valence-electron chi connectivity index (χ3n) is 2.47. The Morgan fingerprint density at radius 1 is 1.00 bits per heavy atom. The van der Waals surface area contributed by atoms with E-state index in [2.05, 4.69) is 32.7 Å². The lowest BCUT2D eigenvalue weighted by molar-refractivity contribution is 0.335. The van der Waals surface area contributed by atoms with E-state index in [0.29, 0.717) is 0 Å². The summed E-state index contributed by atoms with van der Waals surface area (Å²) in [6, 6.07) is 7.96. The second-order valence-corrected chi connectivity index (χ2v) is 4.32. The minimum absolute atomic E-state index is 0.917. The highest BCUT2D eigenvalue weighted by Crippen LogP contribution is 2.09. The molecule has 0 amide bonds. The van der Waals surface area contributed by atoms with E-state index >= 15 is 0 Å². The fourth-order valence-corrected chi connectivity index (χ4v) is 1.55. The molecule has 0 saturated heterocycles. The van der Waals surface area contributed by atoms with Gasteiger partial charge in [-0.2, -0.15) is 0 Å². The number of ether oxygens (including phenoxy) is 1. The molecule has 2 heteroatoms. The summed E-state index contributed by atoms with van der Waals surface area (Å²) in [5.74, 6) is 0.917. The highest BCUT2D eigenvalue weighted by molar-refractivity contribution is 5.25. The summed E-state index contributed by atoms with van der Waals surface area (Å²) in [5, 5.41) is 0. The van der Waals surface area contributed by atoms with Gasteiger partial charge in [-0.15, -0.1) is 0 Å². The molecule has 0 atom stereocenters. The van der Waals surface area contributed by atoms with Crippen LogP contribution in [-0.2, 0) is 0 Å². The molecule has 1 aromatic rings. The predicted octanol–water partition coefficient (Wildman–Crippen LogP) is 3.74. The van der Waals surface area contributed by atoms with E-state index in [1.54, 1.807) is 7.11 Å². The number of rotatable bonds is 5. The predicted molar refractivity (Wildman–Crippen MR) is 75.8 cm³/mol. The van der Waals surface area contributed by atoms with Gasteiger partial charge in [0.15, 0.2) is 0 Å². The first kappa shape index (κ1) is 16.0. The van der Waals surface area contributed by atoms with Crippen LogP contribution in [0.5, 0.6) is 5.75 Å². The summed E-state index contributed by atoms with van der Waals surface area (Å²) in [5.41, 5.74) is 1.26. The van der Waals surface area contributed by atoms with Gasteiger partial charge in [0.1, 0.15) is 5.75 Å². The van der Waals surface area contributed by atoms with E-state index in [-0.39, 0.29) is 0 Å². The number of benzene rings is 1. The van der Waals surface area contributed by atoms with Gasteiger partial charge in [0.25, 0.3) is 0 Å². The molecule has 0 saturated carbocycles. The molecule has 2 nitrogen and oxygen atoms in total. The second-order valence-electron chi connectivity index (χ2n) is 4.32. The Morgan fingerprint density at radius 3 is 1.82 bits per heavy atom. The maximum atomic E-state index is 4.97. The second kappa shape index (κ2) is 10.2. The number of aryl methyl sites for hydroxylation is 1. The minimum atomic E-state index is 0.917. The Kier molecular flexibility index (Phi) is 9.55. The molecule has 0 heterocycles. The molecule has 98 valence electrons. The minimum Gasteiger partial charge on any atom is -0.497 e. The molecule has 0 aromatic heterocycles. The molecule has 0 bridgehead atoms. The Balaban J connectivity index is 0.000000304. The fourth-order valence-electron chi connectivity index (χ4n) is 1.55. The van der Waals surface area contributed by atoms with Crippen LogP contribution in [0.2, 0.25) is 0 Å². The van der Waals surface area contributed by atoms with Crippen LogP contribution in [0, 0.1) is 6.92 Å². The van der Waals surface area contributed by atoms with Crippen molar-refractivity contribution < 1.29 is 4.74 Å². The van der Waals surface area contributed by atoms with Gasteiger partial charge in [-0.3, -0.25) is 0 Å². The van der Waals surface area contributed by atoms with Crippen LogP contribution in [0.3, 0.4) is 0 Å². The van der Waals surface area contributed by atoms with Gasteiger partial charge in [-0.05, 0) is 52.0 Å². The molecule has 1 rings (SSSR count). The molecular formula is C15H27NO. The zero-order valence-electron chi connectivity index (χ0n) is 12.0. The number of hydrogen-bond acceptors (Lipinski definition) is 2. The van der Waals surface area contributed by atoms with Crippen LogP contribution in [0.1, 0.15) is 32.3 Å². The lowest BCUT2D eigenvalue weighted by atomic mass is 10.2. The van der Waals surface area contributed by atoms with Gasteiger partial charge in [-0.1, -0.05) is 31.5 Å². The Morgan fingerprint density at radius 2 is 1.47 bits per heavy atom. The first-order valence-corrected chi connectivity index (χ1v) is 6.43. The zero-order valence-corrected chi connectivity index (χ0v) is 12.0. The van der Waals surface area contributed by atoms with E-state index in [1.165, 1.54) is 31.5 Å². The van der Waals surface area contributed by atoms with Crippen LogP contribution in [-0.4, -0.2) is 32.1 Å². The molecular weight excluding hydrogens is 210 g/mol. The summed E-state index contributed by atoms with van der Waals surface area (Å²) < 4.78 is 4.97. The van der Waals surface area contributed by atoms with Crippen molar-refractivity contribution >= 4 is 0 Å². The summed E-state index contributed by atoms with van der Waals surface area (Å²) in [6.07, 6.45) is 2.55. The molecule has 0 aliphatic carbocycles. The van der Waals surface area contributed by atoms with Crippen molar-refractivity contribution in [2.24, 2.45) is 0 Å².